The van der Waals surface area contributed by atoms with Crippen LogP contribution in [0.25, 0.3) is 0 Å². The third kappa shape index (κ3) is 4.06. The number of piperidine rings is 1. The molecule has 21 heavy (non-hydrogen) atoms. The van der Waals surface area contributed by atoms with Gasteiger partial charge in [-0.15, -0.1) is 0 Å². The van der Waals surface area contributed by atoms with Crippen LogP contribution >= 0.6 is 0 Å². The summed E-state index contributed by atoms with van der Waals surface area (Å²) in [5.74, 6) is 0.153. The summed E-state index contributed by atoms with van der Waals surface area (Å²) in [6.45, 7) is 7.92. The Bertz CT molecular complexity index is 351. The lowest BCUT2D eigenvalue weighted by atomic mass is 9.67. The van der Waals surface area contributed by atoms with E-state index in [0.29, 0.717) is 19.4 Å². The highest BCUT2D eigenvalue weighted by Crippen LogP contribution is 2.45. The van der Waals surface area contributed by atoms with Crippen LogP contribution in [0.5, 0.6) is 0 Å². The van der Waals surface area contributed by atoms with Gasteiger partial charge in [0.05, 0.1) is 0 Å². The molecule has 120 valence electrons. The second-order valence-corrected chi connectivity index (χ2v) is 6.73. The zero-order valence-electron chi connectivity index (χ0n) is 13.7. The summed E-state index contributed by atoms with van der Waals surface area (Å²) in [4.78, 5) is 28.6. The van der Waals surface area contributed by atoms with Gasteiger partial charge in [0.2, 0.25) is 11.8 Å². The Morgan fingerprint density at radius 2 is 1.57 bits per heavy atom. The van der Waals surface area contributed by atoms with Crippen molar-refractivity contribution >= 4 is 11.8 Å². The Morgan fingerprint density at radius 1 is 1.00 bits per heavy atom. The van der Waals surface area contributed by atoms with Gasteiger partial charge in [-0.2, -0.15) is 0 Å². The first-order valence-electron chi connectivity index (χ1n) is 8.66. The van der Waals surface area contributed by atoms with Crippen LogP contribution in [0.4, 0.5) is 0 Å². The minimum Gasteiger partial charge on any atom is -0.304 e. The number of carbonyl (C=O) groups is 2. The highest BCUT2D eigenvalue weighted by molar-refractivity contribution is 5.98. The molecular formula is C17H30N2O2. The normalized spacial score (nSPS) is 22.3. The Balaban J connectivity index is 1.85. The summed E-state index contributed by atoms with van der Waals surface area (Å²) in [5, 5.41) is 0. The van der Waals surface area contributed by atoms with Crippen molar-refractivity contribution in [2.45, 2.75) is 65.2 Å². The second-order valence-electron chi connectivity index (χ2n) is 6.73. The fourth-order valence-electron chi connectivity index (χ4n) is 3.93. The Hall–Kier alpha value is -0.900. The third-order valence-corrected chi connectivity index (χ3v) is 5.32. The molecule has 0 bridgehead atoms. The van der Waals surface area contributed by atoms with E-state index >= 15 is 0 Å². The van der Waals surface area contributed by atoms with E-state index in [1.54, 1.807) is 0 Å². The number of hydrogen-bond acceptors (Lipinski definition) is 3. The standard InChI is InChI=1S/C17H30N2O2/c1-3-18(4-2)11-8-12-19-15(20)13-17(14-16(19)21)9-6-5-7-10-17/h3-14H2,1-2H3. The Labute approximate surface area is 128 Å². The van der Waals surface area contributed by atoms with Crippen molar-refractivity contribution in [1.82, 2.24) is 9.80 Å². The Kier molecular flexibility index (Phi) is 5.80. The van der Waals surface area contributed by atoms with Gasteiger partial charge in [0.25, 0.3) is 0 Å². The van der Waals surface area contributed by atoms with Crippen LogP contribution in [0.15, 0.2) is 0 Å². The smallest absolute Gasteiger partial charge is 0.229 e. The van der Waals surface area contributed by atoms with Crippen molar-refractivity contribution in [3.63, 3.8) is 0 Å². The van der Waals surface area contributed by atoms with Crippen LogP contribution in [0.2, 0.25) is 0 Å². The molecule has 2 aliphatic rings. The molecule has 2 rings (SSSR count). The van der Waals surface area contributed by atoms with E-state index in [2.05, 4.69) is 18.7 Å². The van der Waals surface area contributed by atoms with Gasteiger partial charge >= 0.3 is 0 Å². The van der Waals surface area contributed by atoms with Crippen molar-refractivity contribution in [2.24, 2.45) is 5.41 Å². The van der Waals surface area contributed by atoms with Crippen LogP contribution in [0, 0.1) is 5.41 Å². The van der Waals surface area contributed by atoms with Crippen LogP contribution in [-0.4, -0.2) is 47.8 Å². The molecular weight excluding hydrogens is 264 g/mol. The van der Waals surface area contributed by atoms with Gasteiger partial charge in [-0.05, 0) is 44.3 Å². The monoisotopic (exact) mass is 294 g/mol. The van der Waals surface area contributed by atoms with Crippen molar-refractivity contribution in [3.05, 3.63) is 0 Å². The molecule has 1 aliphatic heterocycles. The number of imide groups is 1. The van der Waals surface area contributed by atoms with Crippen molar-refractivity contribution in [2.75, 3.05) is 26.2 Å². The lowest BCUT2D eigenvalue weighted by Gasteiger charge is -2.42. The number of likely N-dealkylation sites (tertiary alicyclic amines) is 1. The van der Waals surface area contributed by atoms with Crippen LogP contribution in [0.3, 0.4) is 0 Å². The first-order chi connectivity index (χ1) is 10.1. The predicted molar refractivity (Wildman–Crippen MR) is 83.9 cm³/mol. The van der Waals surface area contributed by atoms with Crippen LogP contribution in [0.1, 0.15) is 65.2 Å². The van der Waals surface area contributed by atoms with Gasteiger partial charge < -0.3 is 4.90 Å². The lowest BCUT2D eigenvalue weighted by molar-refractivity contribution is -0.154. The predicted octanol–water partition coefficient (Wildman–Crippen LogP) is 2.82. The van der Waals surface area contributed by atoms with Crippen LogP contribution < -0.4 is 0 Å². The van der Waals surface area contributed by atoms with E-state index in [1.165, 1.54) is 24.2 Å². The largest absolute Gasteiger partial charge is 0.304 e. The molecule has 0 atom stereocenters. The zero-order chi connectivity index (χ0) is 15.3. The molecule has 1 aliphatic carbocycles. The molecule has 0 radical (unpaired) electrons. The Morgan fingerprint density at radius 3 is 2.10 bits per heavy atom. The molecule has 1 saturated carbocycles. The van der Waals surface area contributed by atoms with E-state index in [0.717, 1.165) is 38.9 Å². The summed E-state index contributed by atoms with van der Waals surface area (Å²) >= 11 is 0. The molecule has 1 heterocycles. The second kappa shape index (κ2) is 7.39. The molecule has 4 nitrogen and oxygen atoms in total. The average molecular weight is 294 g/mol. The number of amides is 2. The first kappa shape index (κ1) is 16.5. The average Bonchev–Trinajstić information content (AvgIpc) is 2.47. The van der Waals surface area contributed by atoms with Crippen molar-refractivity contribution in [1.29, 1.82) is 0 Å². The maximum atomic E-state index is 12.4. The van der Waals surface area contributed by atoms with E-state index in [1.807, 2.05) is 0 Å². The SMILES string of the molecule is CCN(CC)CCCN1C(=O)CC2(CCCCC2)CC1=O. The number of hydrogen-bond donors (Lipinski definition) is 0. The molecule has 0 aromatic carbocycles. The molecule has 1 saturated heterocycles. The van der Waals surface area contributed by atoms with E-state index in [-0.39, 0.29) is 17.2 Å². The number of rotatable bonds is 6. The van der Waals surface area contributed by atoms with E-state index in [4.69, 9.17) is 0 Å². The minimum absolute atomic E-state index is 0.0157. The van der Waals surface area contributed by atoms with Gasteiger partial charge in [-0.25, -0.2) is 0 Å². The maximum absolute atomic E-state index is 12.4. The fourth-order valence-corrected chi connectivity index (χ4v) is 3.93. The summed E-state index contributed by atoms with van der Waals surface area (Å²) in [6.07, 6.45) is 7.86. The third-order valence-electron chi connectivity index (χ3n) is 5.32. The van der Waals surface area contributed by atoms with E-state index < -0.39 is 0 Å². The zero-order valence-corrected chi connectivity index (χ0v) is 13.7. The topological polar surface area (TPSA) is 40.6 Å². The van der Waals surface area contributed by atoms with E-state index in [9.17, 15) is 9.59 Å². The summed E-state index contributed by atoms with van der Waals surface area (Å²) in [6, 6.07) is 0. The molecule has 1 spiro atoms. The minimum atomic E-state index is 0.0157. The number of carbonyl (C=O) groups excluding carboxylic acids is 2. The van der Waals surface area contributed by atoms with Gasteiger partial charge in [-0.3, -0.25) is 14.5 Å². The summed E-state index contributed by atoms with van der Waals surface area (Å²) in [7, 11) is 0. The van der Waals surface area contributed by atoms with Crippen LogP contribution in [-0.2, 0) is 9.59 Å². The fraction of sp³-hybridized carbons (Fsp3) is 0.882. The van der Waals surface area contributed by atoms with Crippen molar-refractivity contribution in [3.8, 4) is 0 Å². The van der Waals surface area contributed by atoms with Gasteiger partial charge in [-0.1, -0.05) is 33.1 Å². The lowest BCUT2D eigenvalue weighted by Crippen LogP contribution is -2.49. The molecule has 4 heteroatoms. The van der Waals surface area contributed by atoms with Gasteiger partial charge in [0, 0.05) is 19.4 Å². The molecule has 2 amide bonds. The van der Waals surface area contributed by atoms with Gasteiger partial charge in [0.1, 0.15) is 0 Å². The first-order valence-corrected chi connectivity index (χ1v) is 8.66. The van der Waals surface area contributed by atoms with Crippen molar-refractivity contribution < 1.29 is 9.59 Å². The molecule has 0 aromatic heterocycles. The highest BCUT2D eigenvalue weighted by atomic mass is 16.2. The van der Waals surface area contributed by atoms with Gasteiger partial charge in [0.15, 0.2) is 0 Å². The maximum Gasteiger partial charge on any atom is 0.229 e. The molecule has 0 N–H and O–H groups in total. The quantitative estimate of drug-likeness (QED) is 0.707. The number of nitrogens with zero attached hydrogens (tertiary/aromatic N) is 2. The molecule has 0 aromatic rings. The highest BCUT2D eigenvalue weighted by Gasteiger charge is 2.43. The molecule has 2 fully saturated rings. The molecule has 0 unspecified atom stereocenters. The summed E-state index contributed by atoms with van der Waals surface area (Å²) < 4.78 is 0. The summed E-state index contributed by atoms with van der Waals surface area (Å²) in [5.41, 5.74) is 0.0157.